The highest BCUT2D eigenvalue weighted by Gasteiger charge is 2.25. The highest BCUT2D eigenvalue weighted by Crippen LogP contribution is 2.23. The molecule has 1 rings (SSSR count). The van der Waals surface area contributed by atoms with Crippen LogP contribution in [0.25, 0.3) is 0 Å². The number of carboxylic acid groups (broad SMARTS) is 1. The molecule has 94 valence electrons. The second kappa shape index (κ2) is 5.65. The van der Waals surface area contributed by atoms with Crippen molar-refractivity contribution < 1.29 is 32.9 Å². The van der Waals surface area contributed by atoms with Crippen LogP contribution in [-0.2, 0) is 9.53 Å². The zero-order chi connectivity index (χ0) is 13.0. The van der Waals surface area contributed by atoms with Gasteiger partial charge in [-0.05, 0) is 6.07 Å². The van der Waals surface area contributed by atoms with E-state index in [1.807, 2.05) is 0 Å². The van der Waals surface area contributed by atoms with Gasteiger partial charge in [-0.15, -0.1) is 0 Å². The third kappa shape index (κ3) is 3.18. The molecule has 1 aromatic carbocycles. The number of aliphatic hydroxyl groups excluding tert-OH is 1. The van der Waals surface area contributed by atoms with Gasteiger partial charge in [0.1, 0.15) is 5.82 Å². The summed E-state index contributed by atoms with van der Waals surface area (Å²) in [5.74, 6) is -5.59. The summed E-state index contributed by atoms with van der Waals surface area (Å²) in [7, 11) is 0. The lowest BCUT2D eigenvalue weighted by Gasteiger charge is -2.14. The van der Waals surface area contributed by atoms with Crippen molar-refractivity contribution in [2.75, 3.05) is 13.2 Å². The Morgan fingerprint density at radius 1 is 1.24 bits per heavy atom. The van der Waals surface area contributed by atoms with Crippen LogP contribution in [0.4, 0.5) is 13.2 Å². The number of aliphatic carboxylic acids is 1. The smallest absolute Gasteiger partial charge is 0.337 e. The van der Waals surface area contributed by atoms with E-state index in [-0.39, 0.29) is 12.7 Å². The van der Waals surface area contributed by atoms with Crippen LogP contribution in [0.3, 0.4) is 0 Å². The van der Waals surface area contributed by atoms with Crippen LogP contribution in [0.2, 0.25) is 0 Å². The molecule has 0 aliphatic heterocycles. The Morgan fingerprint density at radius 3 is 2.35 bits per heavy atom. The SMILES string of the molecule is O=C(O)C(OCCO)c1cc(F)c(F)cc1F. The quantitative estimate of drug-likeness (QED) is 0.771. The monoisotopic (exact) mass is 250 g/mol. The summed E-state index contributed by atoms with van der Waals surface area (Å²) in [4.78, 5) is 10.8. The summed E-state index contributed by atoms with van der Waals surface area (Å²) in [6.45, 7) is -0.843. The standard InChI is InChI=1S/C10H9F3O4/c11-6-4-8(13)7(12)3-5(6)9(10(15)16)17-2-1-14/h3-4,9,14H,1-2H2,(H,15,16). The molecular formula is C10H9F3O4. The van der Waals surface area contributed by atoms with E-state index in [0.29, 0.717) is 6.07 Å². The summed E-state index contributed by atoms with van der Waals surface area (Å²) in [6, 6.07) is 0.656. The van der Waals surface area contributed by atoms with E-state index in [1.165, 1.54) is 0 Å². The maximum absolute atomic E-state index is 13.3. The molecule has 0 bridgehead atoms. The van der Waals surface area contributed by atoms with Gasteiger partial charge >= 0.3 is 5.97 Å². The lowest BCUT2D eigenvalue weighted by Crippen LogP contribution is -2.19. The second-order valence-corrected chi connectivity index (χ2v) is 3.10. The largest absolute Gasteiger partial charge is 0.479 e. The summed E-state index contributed by atoms with van der Waals surface area (Å²) >= 11 is 0. The van der Waals surface area contributed by atoms with E-state index in [0.717, 1.165) is 0 Å². The molecule has 0 aliphatic rings. The fourth-order valence-corrected chi connectivity index (χ4v) is 1.20. The van der Waals surface area contributed by atoms with E-state index >= 15 is 0 Å². The van der Waals surface area contributed by atoms with Gasteiger partial charge in [0.25, 0.3) is 0 Å². The molecule has 1 atom stereocenters. The van der Waals surface area contributed by atoms with Gasteiger partial charge in [-0.25, -0.2) is 18.0 Å². The van der Waals surface area contributed by atoms with Gasteiger partial charge in [0, 0.05) is 11.6 Å². The van der Waals surface area contributed by atoms with Crippen LogP contribution in [0, 0.1) is 17.5 Å². The minimum absolute atomic E-state index is 0.239. The number of benzene rings is 1. The number of carboxylic acids is 1. The van der Waals surface area contributed by atoms with Gasteiger partial charge < -0.3 is 14.9 Å². The molecule has 0 heterocycles. The first-order valence-electron chi connectivity index (χ1n) is 4.57. The zero-order valence-corrected chi connectivity index (χ0v) is 8.49. The molecule has 0 fully saturated rings. The lowest BCUT2D eigenvalue weighted by atomic mass is 10.1. The molecular weight excluding hydrogens is 241 g/mol. The van der Waals surface area contributed by atoms with Crippen molar-refractivity contribution in [3.05, 3.63) is 35.1 Å². The number of rotatable bonds is 5. The van der Waals surface area contributed by atoms with Crippen LogP contribution < -0.4 is 0 Å². The Morgan fingerprint density at radius 2 is 1.82 bits per heavy atom. The minimum atomic E-state index is -1.79. The predicted octanol–water partition coefficient (Wildman–Crippen LogP) is 1.24. The van der Waals surface area contributed by atoms with Crippen molar-refractivity contribution >= 4 is 5.97 Å². The highest BCUT2D eigenvalue weighted by molar-refractivity contribution is 5.74. The van der Waals surface area contributed by atoms with E-state index in [9.17, 15) is 18.0 Å². The first kappa shape index (κ1) is 13.5. The maximum atomic E-state index is 13.3. The summed E-state index contributed by atoms with van der Waals surface area (Å²) in [5.41, 5.74) is -0.634. The van der Waals surface area contributed by atoms with E-state index in [2.05, 4.69) is 4.74 Å². The molecule has 1 aromatic rings. The molecule has 7 heteroatoms. The average molecular weight is 250 g/mol. The number of ether oxygens (including phenoxy) is 1. The molecule has 0 saturated carbocycles. The molecule has 2 N–H and O–H groups in total. The van der Waals surface area contributed by atoms with Crippen LogP contribution in [0.15, 0.2) is 12.1 Å². The molecule has 0 aliphatic carbocycles. The Kier molecular flexibility index (Phi) is 4.47. The Hall–Kier alpha value is -1.60. The topological polar surface area (TPSA) is 66.8 Å². The normalized spacial score (nSPS) is 12.5. The lowest BCUT2D eigenvalue weighted by molar-refractivity contribution is -0.151. The van der Waals surface area contributed by atoms with E-state index < -0.39 is 41.7 Å². The number of halogens is 3. The van der Waals surface area contributed by atoms with Crippen molar-refractivity contribution in [1.29, 1.82) is 0 Å². The fraction of sp³-hybridized carbons (Fsp3) is 0.300. The Labute approximate surface area is 94.3 Å². The second-order valence-electron chi connectivity index (χ2n) is 3.10. The molecule has 0 aromatic heterocycles. The molecule has 0 saturated heterocycles. The number of hydrogen-bond donors (Lipinski definition) is 2. The highest BCUT2D eigenvalue weighted by atomic mass is 19.2. The molecule has 0 amide bonds. The first-order valence-corrected chi connectivity index (χ1v) is 4.57. The van der Waals surface area contributed by atoms with Crippen molar-refractivity contribution in [3.8, 4) is 0 Å². The van der Waals surface area contributed by atoms with E-state index in [4.69, 9.17) is 10.2 Å². The predicted molar refractivity (Wildman–Crippen MR) is 49.7 cm³/mol. The molecule has 17 heavy (non-hydrogen) atoms. The van der Waals surface area contributed by atoms with Crippen LogP contribution in [-0.4, -0.2) is 29.4 Å². The van der Waals surface area contributed by atoms with Gasteiger partial charge in [0.05, 0.1) is 13.2 Å². The number of hydrogen-bond acceptors (Lipinski definition) is 3. The fourth-order valence-electron chi connectivity index (χ4n) is 1.20. The molecule has 0 radical (unpaired) electrons. The van der Waals surface area contributed by atoms with Gasteiger partial charge in [-0.3, -0.25) is 0 Å². The maximum Gasteiger partial charge on any atom is 0.337 e. The van der Waals surface area contributed by atoms with Crippen molar-refractivity contribution in [1.82, 2.24) is 0 Å². The number of carbonyl (C=O) groups is 1. The minimum Gasteiger partial charge on any atom is -0.479 e. The van der Waals surface area contributed by atoms with Crippen LogP contribution >= 0.6 is 0 Å². The van der Waals surface area contributed by atoms with Crippen LogP contribution in [0.1, 0.15) is 11.7 Å². The van der Waals surface area contributed by atoms with Crippen molar-refractivity contribution in [2.24, 2.45) is 0 Å². The van der Waals surface area contributed by atoms with Crippen molar-refractivity contribution in [2.45, 2.75) is 6.10 Å². The van der Waals surface area contributed by atoms with Gasteiger partial charge in [0.15, 0.2) is 17.7 Å². The molecule has 1 unspecified atom stereocenters. The molecule has 0 spiro atoms. The average Bonchev–Trinajstić information content (AvgIpc) is 2.25. The van der Waals surface area contributed by atoms with Gasteiger partial charge in [-0.1, -0.05) is 0 Å². The Balaban J connectivity index is 3.09. The zero-order valence-electron chi connectivity index (χ0n) is 8.49. The van der Waals surface area contributed by atoms with Gasteiger partial charge in [-0.2, -0.15) is 0 Å². The van der Waals surface area contributed by atoms with E-state index in [1.54, 1.807) is 0 Å². The van der Waals surface area contributed by atoms with Crippen LogP contribution in [0.5, 0.6) is 0 Å². The first-order chi connectivity index (χ1) is 7.97. The third-order valence-corrected chi connectivity index (χ3v) is 1.92. The van der Waals surface area contributed by atoms with Gasteiger partial charge in [0.2, 0.25) is 0 Å². The number of aliphatic hydroxyl groups is 1. The Bertz CT molecular complexity index is 422. The summed E-state index contributed by atoms with van der Waals surface area (Å²) < 4.78 is 43.4. The summed E-state index contributed by atoms with van der Waals surface area (Å²) in [5, 5.41) is 17.2. The van der Waals surface area contributed by atoms with Crippen molar-refractivity contribution in [3.63, 3.8) is 0 Å². The molecule has 4 nitrogen and oxygen atoms in total. The third-order valence-electron chi connectivity index (χ3n) is 1.92. The summed E-state index contributed by atoms with van der Waals surface area (Å²) in [6.07, 6.45) is -1.79.